The van der Waals surface area contributed by atoms with Crippen molar-refractivity contribution in [2.45, 2.75) is 24.4 Å². The third-order valence-electron chi connectivity index (χ3n) is 3.49. The van der Waals surface area contributed by atoms with Crippen LogP contribution in [0.3, 0.4) is 0 Å². The number of imidazole rings is 1. The molecule has 0 aromatic carbocycles. The number of aliphatic hydroxyl groups excluding tert-OH is 2. The van der Waals surface area contributed by atoms with Crippen LogP contribution >= 0.6 is 0 Å². The van der Waals surface area contributed by atoms with Crippen molar-refractivity contribution in [3.05, 3.63) is 12.7 Å². The minimum absolute atomic E-state index is 0.222. The third kappa shape index (κ3) is 1.65. The number of aromatic nitrogens is 4. The molecule has 8 nitrogen and oxygen atoms in total. The Morgan fingerprint density at radius 2 is 2.35 bits per heavy atom. The Labute approximate surface area is 114 Å². The highest BCUT2D eigenvalue weighted by Crippen LogP contribution is 2.37. The van der Waals surface area contributed by atoms with Crippen LogP contribution in [-0.2, 0) is 4.74 Å². The summed E-state index contributed by atoms with van der Waals surface area (Å²) in [6.07, 6.45) is 6.85. The van der Waals surface area contributed by atoms with Crippen LogP contribution in [0.4, 0.5) is 5.82 Å². The molecule has 20 heavy (non-hydrogen) atoms. The van der Waals surface area contributed by atoms with Crippen molar-refractivity contribution >= 4 is 17.0 Å². The van der Waals surface area contributed by atoms with Gasteiger partial charge in [0, 0.05) is 6.42 Å². The Morgan fingerprint density at radius 3 is 3.00 bits per heavy atom. The van der Waals surface area contributed by atoms with Gasteiger partial charge in [0.25, 0.3) is 0 Å². The van der Waals surface area contributed by atoms with Crippen molar-refractivity contribution in [2.75, 3.05) is 12.3 Å². The van der Waals surface area contributed by atoms with Gasteiger partial charge in [0.2, 0.25) is 0 Å². The van der Waals surface area contributed by atoms with Gasteiger partial charge >= 0.3 is 0 Å². The zero-order chi connectivity index (χ0) is 14.3. The molecule has 0 saturated carbocycles. The lowest BCUT2D eigenvalue weighted by atomic mass is 9.99. The average Bonchev–Trinajstić information content (AvgIpc) is 3.01. The minimum Gasteiger partial charge on any atom is -0.392 e. The molecule has 0 spiro atoms. The average molecular weight is 275 g/mol. The first-order valence-electron chi connectivity index (χ1n) is 5.99. The Hall–Kier alpha value is -2.21. The standard InChI is InChI=1S/C12H13N5O3/c1-2-12(4-18)7(19)3-8(20-12)17-6-16-9-10(13)14-5-15-11(9)17/h1,5-8,18-19H,3-4H2,(H2,13,14,15). The summed E-state index contributed by atoms with van der Waals surface area (Å²) >= 11 is 0. The van der Waals surface area contributed by atoms with Crippen molar-refractivity contribution in [2.24, 2.45) is 0 Å². The van der Waals surface area contributed by atoms with Gasteiger partial charge in [-0.05, 0) is 0 Å². The maximum atomic E-state index is 10.0. The molecule has 3 rings (SSSR count). The zero-order valence-corrected chi connectivity index (χ0v) is 10.5. The highest BCUT2D eigenvalue weighted by molar-refractivity contribution is 5.81. The number of ether oxygens (including phenoxy) is 1. The number of aliphatic hydroxyl groups is 2. The van der Waals surface area contributed by atoms with Gasteiger partial charge in [0.1, 0.15) is 24.2 Å². The quantitative estimate of drug-likeness (QED) is 0.604. The van der Waals surface area contributed by atoms with Crippen LogP contribution in [0.1, 0.15) is 12.6 Å². The first-order valence-corrected chi connectivity index (χ1v) is 5.99. The summed E-state index contributed by atoms with van der Waals surface area (Å²) in [5.74, 6) is 2.58. The normalized spacial score (nSPS) is 29.6. The van der Waals surface area contributed by atoms with E-state index in [4.69, 9.17) is 16.9 Å². The van der Waals surface area contributed by atoms with Gasteiger partial charge in [-0.1, -0.05) is 5.92 Å². The number of hydrogen-bond acceptors (Lipinski definition) is 7. The van der Waals surface area contributed by atoms with E-state index in [1.54, 1.807) is 4.57 Å². The molecule has 0 amide bonds. The van der Waals surface area contributed by atoms with Gasteiger partial charge in [-0.25, -0.2) is 15.0 Å². The Kier molecular flexibility index (Phi) is 2.83. The molecule has 4 N–H and O–H groups in total. The van der Waals surface area contributed by atoms with Gasteiger partial charge in [0.15, 0.2) is 17.1 Å². The number of rotatable bonds is 2. The van der Waals surface area contributed by atoms with Crippen molar-refractivity contribution < 1.29 is 14.9 Å². The van der Waals surface area contributed by atoms with E-state index in [1.807, 2.05) is 0 Å². The molecular formula is C12H13N5O3. The second-order valence-electron chi connectivity index (χ2n) is 4.60. The summed E-state index contributed by atoms with van der Waals surface area (Å²) in [5.41, 5.74) is 5.25. The smallest absolute Gasteiger partial charge is 0.179 e. The fourth-order valence-corrected chi connectivity index (χ4v) is 2.32. The van der Waals surface area contributed by atoms with Crippen LogP contribution in [0.15, 0.2) is 12.7 Å². The molecule has 1 aliphatic heterocycles. The van der Waals surface area contributed by atoms with Crippen LogP contribution in [0.25, 0.3) is 11.2 Å². The molecule has 3 unspecified atom stereocenters. The predicted octanol–water partition coefficient (Wildman–Crippen LogP) is -0.947. The molecule has 1 aliphatic rings. The number of nitrogens with two attached hydrogens (primary N) is 1. The van der Waals surface area contributed by atoms with Gasteiger partial charge in [0.05, 0.1) is 12.9 Å². The number of nitrogens with zero attached hydrogens (tertiary/aromatic N) is 4. The van der Waals surface area contributed by atoms with Crippen LogP contribution in [0.2, 0.25) is 0 Å². The van der Waals surface area contributed by atoms with Gasteiger partial charge in [-0.3, -0.25) is 4.57 Å². The largest absolute Gasteiger partial charge is 0.392 e. The van der Waals surface area contributed by atoms with Crippen LogP contribution < -0.4 is 5.73 Å². The summed E-state index contributed by atoms with van der Waals surface area (Å²) in [4.78, 5) is 12.1. The summed E-state index contributed by atoms with van der Waals surface area (Å²) in [5, 5.41) is 19.4. The molecular weight excluding hydrogens is 262 g/mol. The van der Waals surface area contributed by atoms with E-state index in [1.165, 1.54) is 12.7 Å². The molecule has 0 radical (unpaired) electrons. The van der Waals surface area contributed by atoms with Crippen molar-refractivity contribution in [3.63, 3.8) is 0 Å². The molecule has 0 aliphatic carbocycles. The number of anilines is 1. The van der Waals surface area contributed by atoms with Crippen molar-refractivity contribution in [3.8, 4) is 12.3 Å². The van der Waals surface area contributed by atoms with E-state index in [2.05, 4.69) is 20.9 Å². The monoisotopic (exact) mass is 275 g/mol. The SMILES string of the molecule is C#CC1(CO)OC(n2cnc3c(N)ncnc32)CC1O. The van der Waals surface area contributed by atoms with Crippen molar-refractivity contribution in [1.29, 1.82) is 0 Å². The maximum Gasteiger partial charge on any atom is 0.179 e. The minimum atomic E-state index is -1.40. The van der Waals surface area contributed by atoms with Crippen LogP contribution in [-0.4, -0.2) is 48.0 Å². The van der Waals surface area contributed by atoms with E-state index < -0.39 is 24.5 Å². The van der Waals surface area contributed by atoms with Crippen LogP contribution in [0.5, 0.6) is 0 Å². The van der Waals surface area contributed by atoms with Gasteiger partial charge in [-0.15, -0.1) is 6.42 Å². The molecule has 1 saturated heterocycles. The molecule has 3 atom stereocenters. The third-order valence-corrected chi connectivity index (χ3v) is 3.49. The van der Waals surface area contributed by atoms with E-state index in [0.717, 1.165) is 0 Å². The molecule has 104 valence electrons. The maximum absolute atomic E-state index is 10.0. The topological polar surface area (TPSA) is 119 Å². The van der Waals surface area contributed by atoms with Gasteiger partial charge in [-0.2, -0.15) is 0 Å². The molecule has 1 fully saturated rings. The molecule has 2 aromatic rings. The Bertz CT molecular complexity index is 694. The van der Waals surface area contributed by atoms with Crippen LogP contribution in [0, 0.1) is 12.3 Å². The molecule has 8 heteroatoms. The number of terminal acetylenes is 1. The second-order valence-corrected chi connectivity index (χ2v) is 4.60. The van der Waals surface area contributed by atoms with E-state index in [9.17, 15) is 10.2 Å². The Morgan fingerprint density at radius 1 is 1.55 bits per heavy atom. The number of fused-ring (bicyclic) bond motifs is 1. The zero-order valence-electron chi connectivity index (χ0n) is 10.5. The van der Waals surface area contributed by atoms with Gasteiger partial charge < -0.3 is 20.7 Å². The molecule has 2 aromatic heterocycles. The first kappa shape index (κ1) is 12.8. The highest BCUT2D eigenvalue weighted by Gasteiger charge is 2.47. The first-order chi connectivity index (χ1) is 9.61. The summed E-state index contributed by atoms with van der Waals surface area (Å²) in [6.45, 7) is -0.467. The van der Waals surface area contributed by atoms with E-state index in [-0.39, 0.29) is 12.2 Å². The fraction of sp³-hybridized carbons (Fsp3) is 0.417. The fourth-order valence-electron chi connectivity index (χ4n) is 2.32. The summed E-state index contributed by atoms with van der Waals surface area (Å²) in [6, 6.07) is 0. The molecule has 0 bridgehead atoms. The lowest BCUT2D eigenvalue weighted by Gasteiger charge is -2.23. The molecule has 3 heterocycles. The lowest BCUT2D eigenvalue weighted by Crippen LogP contribution is -2.41. The second kappa shape index (κ2) is 4.42. The highest BCUT2D eigenvalue weighted by atomic mass is 16.6. The van der Waals surface area contributed by atoms with Crippen molar-refractivity contribution in [1.82, 2.24) is 19.5 Å². The number of nitrogen functional groups attached to an aromatic ring is 1. The number of hydrogen-bond donors (Lipinski definition) is 3. The summed E-state index contributed by atoms with van der Waals surface area (Å²) in [7, 11) is 0. The van der Waals surface area contributed by atoms with E-state index >= 15 is 0 Å². The van der Waals surface area contributed by atoms with E-state index in [0.29, 0.717) is 11.2 Å². The Balaban J connectivity index is 2.02. The summed E-state index contributed by atoms with van der Waals surface area (Å²) < 4.78 is 7.25. The lowest BCUT2D eigenvalue weighted by molar-refractivity contribution is -0.0891. The predicted molar refractivity (Wildman–Crippen MR) is 69.1 cm³/mol.